The predicted molar refractivity (Wildman–Crippen MR) is 62.6 cm³/mol. The number of nitrogens with zero attached hydrogens (tertiary/aromatic N) is 1. The number of hydrogen-bond donors (Lipinski definition) is 1. The Morgan fingerprint density at radius 3 is 2.55 bits per heavy atom. The van der Waals surface area contributed by atoms with Gasteiger partial charge in [-0.15, -0.1) is 0 Å². The Labute approximate surface area is 112 Å². The molecule has 1 aliphatic heterocycles. The number of carbonyl (C=O) groups is 2. The van der Waals surface area contributed by atoms with Gasteiger partial charge in [0.15, 0.2) is 17.5 Å². The molecule has 1 atom stereocenters. The van der Waals surface area contributed by atoms with Crippen LogP contribution in [0, 0.1) is 23.4 Å². The van der Waals surface area contributed by atoms with Crippen molar-refractivity contribution in [1.82, 2.24) is 4.90 Å². The molecule has 1 amide bonds. The third kappa shape index (κ3) is 2.61. The molecule has 7 heteroatoms. The molecule has 1 fully saturated rings. The summed E-state index contributed by atoms with van der Waals surface area (Å²) in [7, 11) is 0. The van der Waals surface area contributed by atoms with Crippen molar-refractivity contribution in [3.63, 3.8) is 0 Å². The van der Waals surface area contributed by atoms with Crippen molar-refractivity contribution < 1.29 is 27.9 Å². The highest BCUT2D eigenvalue weighted by Gasteiger charge is 2.30. The van der Waals surface area contributed by atoms with Gasteiger partial charge in [-0.05, 0) is 25.0 Å². The molecule has 1 saturated heterocycles. The van der Waals surface area contributed by atoms with E-state index in [-0.39, 0.29) is 13.1 Å². The molecular formula is C13H12F3NO3. The van der Waals surface area contributed by atoms with Gasteiger partial charge in [-0.3, -0.25) is 9.59 Å². The van der Waals surface area contributed by atoms with Crippen LogP contribution < -0.4 is 0 Å². The van der Waals surface area contributed by atoms with Gasteiger partial charge < -0.3 is 10.0 Å². The fourth-order valence-electron chi connectivity index (χ4n) is 2.22. The minimum absolute atomic E-state index is 0.0629. The standard InChI is InChI=1S/C13H12F3NO3/c14-9-4-3-8(10(15)11(9)16)12(18)17-5-1-2-7(6-17)13(19)20/h3-4,7H,1-2,5-6H2,(H,19,20). The van der Waals surface area contributed by atoms with Crippen molar-refractivity contribution in [3.8, 4) is 0 Å². The van der Waals surface area contributed by atoms with Gasteiger partial charge in [0.2, 0.25) is 0 Å². The number of aliphatic carboxylic acids is 1. The summed E-state index contributed by atoms with van der Waals surface area (Å²) < 4.78 is 39.5. The van der Waals surface area contributed by atoms with Gasteiger partial charge in [0.1, 0.15) is 0 Å². The second kappa shape index (κ2) is 5.52. The lowest BCUT2D eigenvalue weighted by atomic mass is 9.97. The Hall–Kier alpha value is -2.05. The molecule has 1 aromatic carbocycles. The van der Waals surface area contributed by atoms with Crippen LogP contribution in [-0.4, -0.2) is 35.0 Å². The number of rotatable bonds is 2. The van der Waals surface area contributed by atoms with Crippen LogP contribution in [0.2, 0.25) is 0 Å². The zero-order valence-corrected chi connectivity index (χ0v) is 10.4. The number of carboxylic acids is 1. The van der Waals surface area contributed by atoms with Crippen molar-refractivity contribution >= 4 is 11.9 Å². The monoisotopic (exact) mass is 287 g/mol. The van der Waals surface area contributed by atoms with Crippen molar-refractivity contribution in [2.24, 2.45) is 5.92 Å². The van der Waals surface area contributed by atoms with Crippen LogP contribution in [0.25, 0.3) is 0 Å². The molecule has 2 rings (SSSR count). The number of carbonyl (C=O) groups excluding carboxylic acids is 1. The van der Waals surface area contributed by atoms with Gasteiger partial charge in [0, 0.05) is 13.1 Å². The van der Waals surface area contributed by atoms with Crippen molar-refractivity contribution in [2.75, 3.05) is 13.1 Å². The molecule has 1 unspecified atom stereocenters. The van der Waals surface area contributed by atoms with Crippen LogP contribution >= 0.6 is 0 Å². The highest BCUT2D eigenvalue weighted by molar-refractivity contribution is 5.94. The van der Waals surface area contributed by atoms with E-state index < -0.39 is 40.8 Å². The lowest BCUT2D eigenvalue weighted by Crippen LogP contribution is -2.42. The van der Waals surface area contributed by atoms with Gasteiger partial charge in [-0.1, -0.05) is 0 Å². The van der Waals surface area contributed by atoms with Crippen LogP contribution in [0.15, 0.2) is 12.1 Å². The average Bonchev–Trinajstić information content (AvgIpc) is 2.44. The van der Waals surface area contributed by atoms with Crippen LogP contribution in [-0.2, 0) is 4.79 Å². The van der Waals surface area contributed by atoms with Gasteiger partial charge in [0.25, 0.3) is 5.91 Å². The Kier molecular flexibility index (Phi) is 3.96. The molecular weight excluding hydrogens is 275 g/mol. The second-order valence-electron chi connectivity index (χ2n) is 4.65. The van der Waals surface area contributed by atoms with E-state index in [1.807, 2.05) is 0 Å². The third-order valence-electron chi connectivity index (χ3n) is 3.32. The first-order chi connectivity index (χ1) is 9.41. The number of carboxylic acid groups (broad SMARTS) is 1. The fraction of sp³-hybridized carbons (Fsp3) is 0.385. The molecule has 20 heavy (non-hydrogen) atoms. The van der Waals surface area contributed by atoms with Gasteiger partial charge in [0.05, 0.1) is 11.5 Å². The first-order valence-electron chi connectivity index (χ1n) is 6.07. The topological polar surface area (TPSA) is 57.6 Å². The molecule has 1 N–H and O–H groups in total. The SMILES string of the molecule is O=C(O)C1CCCN(C(=O)c2ccc(F)c(F)c2F)C1. The number of amides is 1. The predicted octanol–water partition coefficient (Wildman–Crippen LogP) is 2.04. The summed E-state index contributed by atoms with van der Waals surface area (Å²) in [5.41, 5.74) is -0.588. The molecule has 0 spiro atoms. The lowest BCUT2D eigenvalue weighted by Gasteiger charge is -2.30. The van der Waals surface area contributed by atoms with E-state index in [1.54, 1.807) is 0 Å². The summed E-state index contributed by atoms with van der Waals surface area (Å²) in [6.45, 7) is 0.202. The van der Waals surface area contributed by atoms with E-state index in [0.717, 1.165) is 11.0 Å². The maximum Gasteiger partial charge on any atom is 0.308 e. The van der Waals surface area contributed by atoms with E-state index >= 15 is 0 Å². The Bertz CT molecular complexity index is 562. The van der Waals surface area contributed by atoms with Crippen LogP contribution in [0.5, 0.6) is 0 Å². The van der Waals surface area contributed by atoms with Crippen LogP contribution in [0.3, 0.4) is 0 Å². The van der Waals surface area contributed by atoms with E-state index in [9.17, 15) is 22.8 Å². The highest BCUT2D eigenvalue weighted by atomic mass is 19.2. The maximum absolute atomic E-state index is 13.5. The quantitative estimate of drug-likeness (QED) is 0.847. The summed E-state index contributed by atoms with van der Waals surface area (Å²) in [6, 6.07) is 1.53. The first-order valence-corrected chi connectivity index (χ1v) is 6.07. The zero-order valence-electron chi connectivity index (χ0n) is 10.4. The smallest absolute Gasteiger partial charge is 0.308 e. The number of halogens is 3. The first kappa shape index (κ1) is 14.4. The number of likely N-dealkylation sites (tertiary alicyclic amines) is 1. The summed E-state index contributed by atoms with van der Waals surface area (Å²) >= 11 is 0. The molecule has 1 aromatic rings. The Balaban J connectivity index is 2.23. The minimum Gasteiger partial charge on any atom is -0.481 e. The zero-order chi connectivity index (χ0) is 14.9. The molecule has 0 aliphatic carbocycles. The maximum atomic E-state index is 13.5. The van der Waals surface area contributed by atoms with Gasteiger partial charge in [-0.2, -0.15) is 0 Å². The van der Waals surface area contributed by atoms with E-state index in [0.29, 0.717) is 18.9 Å². The molecule has 0 saturated carbocycles. The van der Waals surface area contributed by atoms with E-state index in [2.05, 4.69) is 0 Å². The Morgan fingerprint density at radius 2 is 1.90 bits per heavy atom. The van der Waals surface area contributed by atoms with Crippen molar-refractivity contribution in [2.45, 2.75) is 12.8 Å². The summed E-state index contributed by atoms with van der Waals surface area (Å²) in [5, 5.41) is 8.92. The molecule has 0 bridgehead atoms. The normalized spacial score (nSPS) is 18.9. The second-order valence-corrected chi connectivity index (χ2v) is 4.65. The third-order valence-corrected chi connectivity index (χ3v) is 3.32. The highest BCUT2D eigenvalue weighted by Crippen LogP contribution is 2.21. The molecule has 0 aromatic heterocycles. The van der Waals surface area contributed by atoms with Crippen molar-refractivity contribution in [1.29, 1.82) is 0 Å². The molecule has 1 aliphatic rings. The molecule has 4 nitrogen and oxygen atoms in total. The molecule has 1 heterocycles. The number of hydrogen-bond acceptors (Lipinski definition) is 2. The summed E-state index contributed by atoms with van der Waals surface area (Å²) in [5.74, 6) is -7.21. The number of piperidine rings is 1. The fourth-order valence-corrected chi connectivity index (χ4v) is 2.22. The Morgan fingerprint density at radius 1 is 1.20 bits per heavy atom. The minimum atomic E-state index is -1.71. The van der Waals surface area contributed by atoms with Gasteiger partial charge in [-0.25, -0.2) is 13.2 Å². The lowest BCUT2D eigenvalue weighted by molar-refractivity contribution is -0.143. The van der Waals surface area contributed by atoms with Gasteiger partial charge >= 0.3 is 5.97 Å². The van der Waals surface area contributed by atoms with E-state index in [1.165, 1.54) is 0 Å². The van der Waals surface area contributed by atoms with Crippen molar-refractivity contribution in [3.05, 3.63) is 35.1 Å². The van der Waals surface area contributed by atoms with Crippen LogP contribution in [0.4, 0.5) is 13.2 Å². The summed E-state index contributed by atoms with van der Waals surface area (Å²) in [6.07, 6.45) is 0.896. The average molecular weight is 287 g/mol. The summed E-state index contributed by atoms with van der Waals surface area (Å²) in [4.78, 5) is 24.1. The van der Waals surface area contributed by atoms with E-state index in [4.69, 9.17) is 5.11 Å². The van der Waals surface area contributed by atoms with Crippen LogP contribution in [0.1, 0.15) is 23.2 Å². The number of benzene rings is 1. The molecule has 108 valence electrons. The molecule has 0 radical (unpaired) electrons. The largest absolute Gasteiger partial charge is 0.481 e.